The van der Waals surface area contributed by atoms with E-state index in [1.165, 1.54) is 0 Å². The first-order chi connectivity index (χ1) is 19.4. The molecule has 2 amide bonds. The summed E-state index contributed by atoms with van der Waals surface area (Å²) in [5.41, 5.74) is 0.419. The average Bonchev–Trinajstić information content (AvgIpc) is 2.96. The Labute approximate surface area is 245 Å². The number of carbonyl (C=O) groups is 2. The third-order valence-corrected chi connectivity index (χ3v) is 7.82. The highest BCUT2D eigenvalue weighted by molar-refractivity contribution is 5.69. The third-order valence-electron chi connectivity index (χ3n) is 7.82. The molecule has 2 N–H and O–H groups in total. The number of amides is 2. The summed E-state index contributed by atoms with van der Waals surface area (Å²) in [6.45, 7) is 14.1. The van der Waals surface area contributed by atoms with Crippen molar-refractivity contribution in [2.45, 2.75) is 155 Å². The summed E-state index contributed by atoms with van der Waals surface area (Å²) in [6, 6.07) is 8.31. The Hall–Kier alpha value is -2.24. The van der Waals surface area contributed by atoms with Gasteiger partial charge in [-0.15, -0.1) is 0 Å². The van der Waals surface area contributed by atoms with E-state index in [0.717, 1.165) is 114 Å². The first-order valence-corrected chi connectivity index (χ1v) is 16.4. The van der Waals surface area contributed by atoms with E-state index in [1.807, 2.05) is 12.1 Å². The van der Waals surface area contributed by atoms with Crippen LogP contribution in [-0.2, 0) is 20.7 Å². The summed E-state index contributed by atoms with van der Waals surface area (Å²) in [5, 5.41) is 5.99. The molecule has 6 heteroatoms. The lowest BCUT2D eigenvalue weighted by atomic mass is 9.74. The maximum Gasteiger partial charge on any atom is 0.408 e. The highest BCUT2D eigenvalue weighted by atomic mass is 16.6. The number of unbranched alkanes of at least 4 members (excludes halogenated alkanes) is 6. The van der Waals surface area contributed by atoms with Crippen LogP contribution in [0.4, 0.5) is 9.59 Å². The fourth-order valence-corrected chi connectivity index (χ4v) is 5.39. The predicted molar refractivity (Wildman–Crippen MR) is 167 cm³/mol. The predicted octanol–water partition coefficient (Wildman–Crippen LogP) is 9.89. The van der Waals surface area contributed by atoms with Gasteiger partial charge in [0.25, 0.3) is 0 Å². The van der Waals surface area contributed by atoms with Gasteiger partial charge in [0, 0.05) is 24.2 Å². The Morgan fingerprint density at radius 2 is 0.850 bits per heavy atom. The minimum atomic E-state index is -0.787. The first kappa shape index (κ1) is 35.8. The summed E-state index contributed by atoms with van der Waals surface area (Å²) in [6.07, 6.45) is 13.9. The number of benzene rings is 1. The molecule has 6 nitrogen and oxygen atoms in total. The van der Waals surface area contributed by atoms with Gasteiger partial charge < -0.3 is 20.1 Å². The second kappa shape index (κ2) is 20.6. The second-order valence-corrected chi connectivity index (χ2v) is 11.3. The number of hydrogen-bond donors (Lipinski definition) is 2. The fraction of sp³-hybridized carbons (Fsp3) is 0.765. The van der Waals surface area contributed by atoms with Crippen LogP contribution >= 0.6 is 0 Å². The van der Waals surface area contributed by atoms with Crippen molar-refractivity contribution >= 4 is 12.2 Å². The zero-order chi connectivity index (χ0) is 29.7. The lowest BCUT2D eigenvalue weighted by Crippen LogP contribution is -2.43. The van der Waals surface area contributed by atoms with Gasteiger partial charge in [-0.25, -0.2) is 9.59 Å². The molecule has 0 unspecified atom stereocenters. The van der Waals surface area contributed by atoms with Crippen molar-refractivity contribution in [1.29, 1.82) is 0 Å². The van der Waals surface area contributed by atoms with Crippen LogP contribution in [0.25, 0.3) is 0 Å². The van der Waals surface area contributed by atoms with Crippen molar-refractivity contribution in [2.75, 3.05) is 13.1 Å². The van der Waals surface area contributed by atoms with Gasteiger partial charge in [-0.1, -0.05) is 104 Å². The molecular weight excluding hydrogens is 500 g/mol. The topological polar surface area (TPSA) is 76.7 Å². The molecule has 0 aromatic heterocycles. The smallest absolute Gasteiger partial charge is 0.408 e. The number of nitrogens with one attached hydrogen (secondary N) is 2. The zero-order valence-electron chi connectivity index (χ0n) is 26.7. The van der Waals surface area contributed by atoms with Gasteiger partial charge in [-0.05, 0) is 64.2 Å². The number of ether oxygens (including phenoxy) is 2. The number of carbonyl (C=O) groups excluding carboxylic acids is 2. The molecule has 0 aliphatic carbocycles. The SMILES string of the molecule is CCCCNC(=O)OC(CCCC)(CCCC)c1ccccc1C(CCCC)(CCCC)OC(=O)NCCCC. The molecule has 0 fully saturated rings. The molecular formula is C34H60N2O4. The molecule has 0 aliphatic heterocycles. The van der Waals surface area contributed by atoms with Gasteiger partial charge in [0.1, 0.15) is 11.2 Å². The number of hydrogen-bond acceptors (Lipinski definition) is 4. The van der Waals surface area contributed by atoms with E-state index < -0.39 is 11.2 Å². The summed E-state index contributed by atoms with van der Waals surface area (Å²) in [7, 11) is 0. The molecule has 1 aromatic rings. The molecule has 0 atom stereocenters. The lowest BCUT2D eigenvalue weighted by molar-refractivity contribution is -0.0299. The second-order valence-electron chi connectivity index (χ2n) is 11.3. The van der Waals surface area contributed by atoms with Crippen LogP contribution in [0, 0.1) is 0 Å². The van der Waals surface area contributed by atoms with Crippen LogP contribution in [0.15, 0.2) is 24.3 Å². The molecule has 40 heavy (non-hydrogen) atoms. The Morgan fingerprint density at radius 3 is 1.12 bits per heavy atom. The minimum absolute atomic E-state index is 0.360. The summed E-state index contributed by atoms with van der Waals surface area (Å²) in [5.74, 6) is 0. The molecule has 0 radical (unpaired) electrons. The van der Waals surface area contributed by atoms with Crippen LogP contribution < -0.4 is 10.6 Å². The van der Waals surface area contributed by atoms with Gasteiger partial charge in [0.15, 0.2) is 0 Å². The minimum Gasteiger partial charge on any atom is -0.438 e. The zero-order valence-corrected chi connectivity index (χ0v) is 26.7. The van der Waals surface area contributed by atoms with Crippen LogP contribution in [-0.4, -0.2) is 25.3 Å². The van der Waals surface area contributed by atoms with Gasteiger partial charge >= 0.3 is 12.2 Å². The van der Waals surface area contributed by atoms with Crippen molar-refractivity contribution in [1.82, 2.24) is 10.6 Å². The van der Waals surface area contributed by atoms with Crippen molar-refractivity contribution < 1.29 is 19.1 Å². The van der Waals surface area contributed by atoms with Crippen LogP contribution in [0.3, 0.4) is 0 Å². The molecule has 0 aliphatic rings. The molecule has 0 bridgehead atoms. The van der Waals surface area contributed by atoms with E-state index in [-0.39, 0.29) is 12.2 Å². The van der Waals surface area contributed by atoms with E-state index >= 15 is 0 Å². The van der Waals surface area contributed by atoms with E-state index in [0.29, 0.717) is 13.1 Å². The van der Waals surface area contributed by atoms with E-state index in [1.54, 1.807) is 0 Å². The quantitative estimate of drug-likeness (QED) is 0.138. The van der Waals surface area contributed by atoms with E-state index in [4.69, 9.17) is 9.47 Å². The van der Waals surface area contributed by atoms with Crippen molar-refractivity contribution in [3.05, 3.63) is 35.4 Å². The molecule has 0 saturated carbocycles. The average molecular weight is 561 g/mol. The van der Waals surface area contributed by atoms with Crippen molar-refractivity contribution in [2.24, 2.45) is 0 Å². The Morgan fingerprint density at radius 1 is 0.550 bits per heavy atom. The Bertz CT molecular complexity index is 743. The molecule has 1 rings (SSSR count). The van der Waals surface area contributed by atoms with E-state index in [2.05, 4.69) is 64.3 Å². The molecule has 0 saturated heterocycles. The van der Waals surface area contributed by atoms with Crippen molar-refractivity contribution in [3.63, 3.8) is 0 Å². The van der Waals surface area contributed by atoms with Crippen LogP contribution in [0.1, 0.15) is 155 Å². The van der Waals surface area contributed by atoms with E-state index in [9.17, 15) is 9.59 Å². The number of rotatable bonds is 22. The highest BCUT2D eigenvalue weighted by Crippen LogP contribution is 2.46. The summed E-state index contributed by atoms with van der Waals surface area (Å²) >= 11 is 0. The Kier molecular flexibility index (Phi) is 18.4. The summed E-state index contributed by atoms with van der Waals surface area (Å²) in [4.78, 5) is 26.5. The molecule has 0 heterocycles. The molecule has 230 valence electrons. The van der Waals surface area contributed by atoms with Gasteiger partial charge in [-0.3, -0.25) is 0 Å². The maximum absolute atomic E-state index is 13.2. The lowest BCUT2D eigenvalue weighted by Gasteiger charge is -2.41. The largest absolute Gasteiger partial charge is 0.438 e. The van der Waals surface area contributed by atoms with Gasteiger partial charge in [-0.2, -0.15) is 0 Å². The monoisotopic (exact) mass is 560 g/mol. The third kappa shape index (κ3) is 11.7. The molecule has 0 spiro atoms. The van der Waals surface area contributed by atoms with Crippen LogP contribution in [0.5, 0.6) is 0 Å². The van der Waals surface area contributed by atoms with Crippen LogP contribution in [0.2, 0.25) is 0 Å². The number of alkyl carbamates (subject to hydrolysis) is 2. The van der Waals surface area contributed by atoms with Gasteiger partial charge in [0.2, 0.25) is 0 Å². The summed E-state index contributed by atoms with van der Waals surface area (Å²) < 4.78 is 13.0. The highest BCUT2D eigenvalue weighted by Gasteiger charge is 2.44. The maximum atomic E-state index is 13.2. The normalized spacial score (nSPS) is 11.8. The fourth-order valence-electron chi connectivity index (χ4n) is 5.39. The Balaban J connectivity index is 3.75. The molecule has 1 aromatic carbocycles. The standard InChI is InChI=1S/C34H60N2O4/c1-7-13-23-33(24-14-8-2,39-31(37)35-27-17-11-5)29-21-19-20-22-30(29)34(25-15-9-3,26-16-10-4)40-32(38)36-28-18-12-6/h19-22H,7-18,23-28H2,1-6H3,(H,35,37)(H,36,38). The first-order valence-electron chi connectivity index (χ1n) is 16.4. The van der Waals surface area contributed by atoms with Crippen molar-refractivity contribution in [3.8, 4) is 0 Å². The van der Waals surface area contributed by atoms with Gasteiger partial charge in [0.05, 0.1) is 0 Å².